The molecule has 0 aromatic heterocycles. The standard InChI is InChI=1S/C7H4ClNO4/c8-6-3-4(9(12)13)1-2-5(6)7(10)11/h1-3H,(H,10,11)/p+1. The van der Waals surface area contributed by atoms with Crippen LogP contribution in [-0.2, 0) is 0 Å². The van der Waals surface area contributed by atoms with Crippen LogP contribution in [0.2, 0.25) is 5.02 Å². The number of hydrogen-bond acceptors (Lipinski definition) is 3. The molecule has 0 aliphatic heterocycles. The molecular formula is C7H5ClNO4+. The third-order valence-corrected chi connectivity index (χ3v) is 1.72. The largest absolute Gasteiger partial charge is 0.561 e. The molecule has 0 amide bonds. The number of nitro groups is 1. The van der Waals surface area contributed by atoms with Gasteiger partial charge in [-0.05, 0) is 6.07 Å². The summed E-state index contributed by atoms with van der Waals surface area (Å²) in [6.07, 6.45) is 0. The van der Waals surface area contributed by atoms with E-state index in [4.69, 9.17) is 16.7 Å². The van der Waals surface area contributed by atoms with Crippen LogP contribution in [0, 0.1) is 10.1 Å². The smallest absolute Gasteiger partial charge is 0.550 e. The predicted molar refractivity (Wildman–Crippen MR) is 46.1 cm³/mol. The minimum atomic E-state index is -0.958. The maximum absolute atomic E-state index is 10.6. The minimum Gasteiger partial charge on any atom is -0.561 e. The van der Waals surface area contributed by atoms with Crippen LogP contribution >= 0.6 is 11.6 Å². The number of halogens is 1. The number of rotatable bonds is 2. The molecule has 0 atom stereocenters. The summed E-state index contributed by atoms with van der Waals surface area (Å²) in [5.74, 6) is -0.958. The third-order valence-electron chi connectivity index (χ3n) is 1.41. The topological polar surface area (TPSA) is 83.1 Å². The fraction of sp³-hybridized carbons (Fsp3) is 0. The SMILES string of the molecule is O=C([OH2+])c1ccc([N+](=O)[O-])cc1Cl. The van der Waals surface area contributed by atoms with Crippen molar-refractivity contribution in [2.45, 2.75) is 0 Å². The van der Waals surface area contributed by atoms with E-state index >= 15 is 0 Å². The molecule has 0 saturated carbocycles. The Morgan fingerprint density at radius 1 is 1.54 bits per heavy atom. The van der Waals surface area contributed by atoms with Crippen molar-refractivity contribution in [3.05, 3.63) is 38.9 Å². The molecule has 0 spiro atoms. The first-order valence-corrected chi connectivity index (χ1v) is 3.60. The number of benzene rings is 1. The maximum atomic E-state index is 10.6. The summed E-state index contributed by atoms with van der Waals surface area (Å²) < 4.78 is 0. The predicted octanol–water partition coefficient (Wildman–Crippen LogP) is 1.11. The normalized spacial score (nSPS) is 9.62. The number of non-ortho nitro benzene ring substituents is 1. The molecule has 0 radical (unpaired) electrons. The number of nitro benzene ring substituents is 1. The molecule has 0 bridgehead atoms. The van der Waals surface area contributed by atoms with Crippen molar-refractivity contribution in [2.75, 3.05) is 0 Å². The molecular weight excluding hydrogens is 198 g/mol. The summed E-state index contributed by atoms with van der Waals surface area (Å²) in [6, 6.07) is 3.34. The van der Waals surface area contributed by atoms with E-state index < -0.39 is 10.9 Å². The van der Waals surface area contributed by atoms with E-state index in [0.717, 1.165) is 18.2 Å². The summed E-state index contributed by atoms with van der Waals surface area (Å²) >= 11 is 5.52. The Labute approximate surface area is 77.7 Å². The van der Waals surface area contributed by atoms with Gasteiger partial charge in [0.1, 0.15) is 5.56 Å². The highest BCUT2D eigenvalue weighted by Crippen LogP contribution is 2.22. The van der Waals surface area contributed by atoms with Crippen molar-refractivity contribution < 1.29 is 14.8 Å². The van der Waals surface area contributed by atoms with Crippen molar-refractivity contribution in [1.29, 1.82) is 0 Å². The lowest BCUT2D eigenvalue weighted by atomic mass is 10.2. The van der Waals surface area contributed by atoms with Crippen LogP contribution < -0.4 is 0 Å². The quantitative estimate of drug-likeness (QED) is 0.409. The van der Waals surface area contributed by atoms with E-state index in [-0.39, 0.29) is 16.3 Å². The van der Waals surface area contributed by atoms with E-state index in [0.29, 0.717) is 0 Å². The Kier molecular flexibility index (Phi) is 2.48. The summed E-state index contributed by atoms with van der Waals surface area (Å²) in [7, 11) is 0. The highest BCUT2D eigenvalue weighted by atomic mass is 35.5. The zero-order valence-corrected chi connectivity index (χ0v) is 7.04. The average Bonchev–Trinajstić information content (AvgIpc) is 2.03. The summed E-state index contributed by atoms with van der Waals surface area (Å²) in [4.78, 5) is 20.2. The van der Waals surface area contributed by atoms with E-state index in [1.54, 1.807) is 0 Å². The molecule has 1 aromatic rings. The number of hydrogen-bond donors (Lipinski definition) is 0. The first-order valence-electron chi connectivity index (χ1n) is 3.22. The highest BCUT2D eigenvalue weighted by Gasteiger charge is 2.18. The second-order valence-electron chi connectivity index (χ2n) is 2.25. The van der Waals surface area contributed by atoms with Crippen molar-refractivity contribution in [1.82, 2.24) is 0 Å². The third kappa shape index (κ3) is 1.94. The van der Waals surface area contributed by atoms with Crippen molar-refractivity contribution in [2.24, 2.45) is 0 Å². The van der Waals surface area contributed by atoms with Gasteiger partial charge in [0, 0.05) is 16.9 Å². The van der Waals surface area contributed by atoms with Gasteiger partial charge in [-0.15, -0.1) is 0 Å². The summed E-state index contributed by atoms with van der Waals surface area (Å²) in [5.41, 5.74) is -0.234. The summed E-state index contributed by atoms with van der Waals surface area (Å²) in [6.45, 7) is 0. The zero-order valence-electron chi connectivity index (χ0n) is 6.28. The van der Waals surface area contributed by atoms with Gasteiger partial charge in [0.05, 0.1) is 9.95 Å². The Morgan fingerprint density at radius 3 is 2.54 bits per heavy atom. The Morgan fingerprint density at radius 2 is 2.15 bits per heavy atom. The number of nitrogens with zero attached hydrogens (tertiary/aromatic N) is 1. The molecule has 0 unspecified atom stereocenters. The molecule has 1 aromatic carbocycles. The molecule has 68 valence electrons. The van der Waals surface area contributed by atoms with E-state index in [2.05, 4.69) is 0 Å². The lowest BCUT2D eigenvalue weighted by molar-refractivity contribution is -0.384. The van der Waals surface area contributed by atoms with E-state index in [1.807, 2.05) is 0 Å². The first kappa shape index (κ1) is 9.47. The first-order chi connectivity index (χ1) is 6.02. The second kappa shape index (κ2) is 3.40. The average molecular weight is 203 g/mol. The van der Waals surface area contributed by atoms with Crippen LogP contribution in [-0.4, -0.2) is 16.0 Å². The molecule has 0 aliphatic carbocycles. The molecule has 2 N–H and O–H groups in total. The van der Waals surface area contributed by atoms with Gasteiger partial charge in [0.2, 0.25) is 0 Å². The second-order valence-corrected chi connectivity index (χ2v) is 2.66. The van der Waals surface area contributed by atoms with Crippen molar-refractivity contribution in [3.8, 4) is 0 Å². The van der Waals surface area contributed by atoms with Gasteiger partial charge in [0.25, 0.3) is 5.69 Å². The van der Waals surface area contributed by atoms with Gasteiger partial charge in [-0.25, -0.2) is 0 Å². The van der Waals surface area contributed by atoms with Gasteiger partial charge < -0.3 is 5.11 Å². The molecule has 1 rings (SSSR count). The fourth-order valence-electron chi connectivity index (χ4n) is 0.802. The minimum absolute atomic E-state index is 0.0349. The molecule has 0 fully saturated rings. The Hall–Kier alpha value is -1.62. The highest BCUT2D eigenvalue weighted by molar-refractivity contribution is 6.33. The summed E-state index contributed by atoms with van der Waals surface area (Å²) in [5, 5.41) is 16.9. The number of carbonyl (C=O) groups excluding carboxylic acids is 1. The molecule has 6 heteroatoms. The van der Waals surface area contributed by atoms with Crippen molar-refractivity contribution in [3.63, 3.8) is 0 Å². The molecule has 0 heterocycles. The van der Waals surface area contributed by atoms with Crippen LogP contribution in [0.4, 0.5) is 5.69 Å². The van der Waals surface area contributed by atoms with Gasteiger partial charge in [0.15, 0.2) is 0 Å². The van der Waals surface area contributed by atoms with Crippen LogP contribution in [0.25, 0.3) is 0 Å². The molecule has 13 heavy (non-hydrogen) atoms. The molecule has 0 saturated heterocycles. The van der Waals surface area contributed by atoms with Gasteiger partial charge in [-0.2, -0.15) is 0 Å². The Bertz CT molecular complexity index is 377. The van der Waals surface area contributed by atoms with Crippen LogP contribution in [0.5, 0.6) is 0 Å². The van der Waals surface area contributed by atoms with Gasteiger partial charge in [-0.1, -0.05) is 11.6 Å². The van der Waals surface area contributed by atoms with E-state index in [9.17, 15) is 14.9 Å². The zero-order chi connectivity index (χ0) is 10.0. The lowest BCUT2D eigenvalue weighted by Gasteiger charge is -1.94. The van der Waals surface area contributed by atoms with Crippen molar-refractivity contribution >= 4 is 23.3 Å². The molecule has 5 nitrogen and oxygen atoms in total. The monoisotopic (exact) mass is 202 g/mol. The van der Waals surface area contributed by atoms with Crippen LogP contribution in [0.3, 0.4) is 0 Å². The number of carbonyl (C=O) groups is 1. The maximum Gasteiger partial charge on any atom is 0.550 e. The molecule has 0 aliphatic rings. The van der Waals surface area contributed by atoms with Crippen LogP contribution in [0.1, 0.15) is 10.4 Å². The van der Waals surface area contributed by atoms with Gasteiger partial charge >= 0.3 is 5.97 Å². The fourth-order valence-corrected chi connectivity index (χ4v) is 1.06. The van der Waals surface area contributed by atoms with Crippen LogP contribution in [0.15, 0.2) is 18.2 Å². The lowest BCUT2D eigenvalue weighted by Crippen LogP contribution is -1.98. The van der Waals surface area contributed by atoms with Gasteiger partial charge in [-0.3, -0.25) is 10.1 Å². The Balaban J connectivity index is 3.20. The van der Waals surface area contributed by atoms with E-state index in [1.165, 1.54) is 0 Å².